The van der Waals surface area contributed by atoms with Gasteiger partial charge in [-0.25, -0.2) is 12.8 Å². The van der Waals surface area contributed by atoms with Gasteiger partial charge in [0.1, 0.15) is 5.82 Å². The molecule has 0 aliphatic heterocycles. The van der Waals surface area contributed by atoms with E-state index in [9.17, 15) is 17.6 Å². The van der Waals surface area contributed by atoms with Crippen LogP contribution >= 0.6 is 0 Å². The molecule has 7 heteroatoms. The van der Waals surface area contributed by atoms with E-state index in [0.717, 1.165) is 11.1 Å². The number of amides is 1. The Labute approximate surface area is 163 Å². The lowest BCUT2D eigenvalue weighted by Crippen LogP contribution is -2.15. The van der Waals surface area contributed by atoms with Crippen molar-refractivity contribution in [3.63, 3.8) is 0 Å². The number of anilines is 2. The maximum atomic E-state index is 12.9. The van der Waals surface area contributed by atoms with E-state index in [1.54, 1.807) is 0 Å². The number of sulfonamides is 1. The van der Waals surface area contributed by atoms with E-state index in [4.69, 9.17) is 0 Å². The first-order chi connectivity index (χ1) is 13.2. The first-order valence-electron chi connectivity index (χ1n) is 8.52. The molecule has 3 rings (SSSR count). The molecule has 28 heavy (non-hydrogen) atoms. The van der Waals surface area contributed by atoms with Gasteiger partial charge in [0.05, 0.1) is 4.90 Å². The van der Waals surface area contributed by atoms with E-state index in [1.807, 2.05) is 32.0 Å². The van der Waals surface area contributed by atoms with Crippen LogP contribution in [0.2, 0.25) is 0 Å². The summed E-state index contributed by atoms with van der Waals surface area (Å²) in [5.41, 5.74) is 3.32. The van der Waals surface area contributed by atoms with Crippen molar-refractivity contribution in [1.29, 1.82) is 0 Å². The Bertz CT molecular complexity index is 1110. The molecular weight excluding hydrogens is 379 g/mol. The lowest BCUT2D eigenvalue weighted by atomic mass is 10.1. The summed E-state index contributed by atoms with van der Waals surface area (Å²) in [6.45, 7) is 3.87. The predicted molar refractivity (Wildman–Crippen MR) is 108 cm³/mol. The van der Waals surface area contributed by atoms with Crippen LogP contribution in [0, 0.1) is 19.7 Å². The summed E-state index contributed by atoms with van der Waals surface area (Å²) >= 11 is 0. The van der Waals surface area contributed by atoms with Crippen molar-refractivity contribution in [2.45, 2.75) is 18.7 Å². The van der Waals surface area contributed by atoms with Gasteiger partial charge in [-0.1, -0.05) is 17.7 Å². The Morgan fingerprint density at radius 2 is 1.54 bits per heavy atom. The number of carbonyl (C=O) groups excluding carboxylic acids is 1. The molecule has 0 radical (unpaired) electrons. The quantitative estimate of drug-likeness (QED) is 0.665. The Morgan fingerprint density at radius 3 is 2.14 bits per heavy atom. The Balaban J connectivity index is 1.74. The summed E-state index contributed by atoms with van der Waals surface area (Å²) in [6, 6.07) is 16.3. The maximum absolute atomic E-state index is 12.9. The Morgan fingerprint density at radius 1 is 0.893 bits per heavy atom. The van der Waals surface area contributed by atoms with Crippen molar-refractivity contribution in [3.8, 4) is 0 Å². The summed E-state index contributed by atoms with van der Waals surface area (Å²) in [5.74, 6) is -0.787. The molecule has 0 fully saturated rings. The molecule has 0 atom stereocenters. The fourth-order valence-electron chi connectivity index (χ4n) is 2.67. The highest BCUT2D eigenvalue weighted by Crippen LogP contribution is 2.19. The van der Waals surface area contributed by atoms with Gasteiger partial charge in [0.15, 0.2) is 0 Å². The van der Waals surface area contributed by atoms with Gasteiger partial charge in [-0.3, -0.25) is 9.52 Å². The molecule has 0 unspecified atom stereocenters. The van der Waals surface area contributed by atoms with E-state index in [1.165, 1.54) is 48.5 Å². The fraction of sp³-hybridized carbons (Fsp3) is 0.0952. The predicted octanol–water partition coefficient (Wildman–Crippen LogP) is 4.50. The van der Waals surface area contributed by atoms with Gasteiger partial charge >= 0.3 is 0 Å². The first kappa shape index (κ1) is 19.6. The highest BCUT2D eigenvalue weighted by Gasteiger charge is 2.15. The lowest BCUT2D eigenvalue weighted by Gasteiger charge is -2.11. The number of benzene rings is 3. The van der Waals surface area contributed by atoms with E-state index in [-0.39, 0.29) is 16.5 Å². The fourth-order valence-corrected chi connectivity index (χ4v) is 3.72. The van der Waals surface area contributed by atoms with E-state index >= 15 is 0 Å². The van der Waals surface area contributed by atoms with E-state index < -0.39 is 15.8 Å². The van der Waals surface area contributed by atoms with Crippen molar-refractivity contribution in [1.82, 2.24) is 0 Å². The van der Waals surface area contributed by atoms with Crippen LogP contribution in [0.1, 0.15) is 21.5 Å². The van der Waals surface area contributed by atoms with E-state index in [0.29, 0.717) is 11.3 Å². The van der Waals surface area contributed by atoms with Crippen LogP contribution in [0.4, 0.5) is 15.8 Å². The average Bonchev–Trinajstić information content (AvgIpc) is 2.66. The van der Waals surface area contributed by atoms with Gasteiger partial charge in [-0.2, -0.15) is 0 Å². The van der Waals surface area contributed by atoms with Gasteiger partial charge in [0, 0.05) is 16.9 Å². The zero-order valence-electron chi connectivity index (χ0n) is 15.4. The molecule has 0 aliphatic carbocycles. The zero-order chi connectivity index (χ0) is 20.3. The second kappa shape index (κ2) is 7.82. The highest BCUT2D eigenvalue weighted by molar-refractivity contribution is 7.92. The summed E-state index contributed by atoms with van der Waals surface area (Å²) in [5, 5.41) is 2.82. The summed E-state index contributed by atoms with van der Waals surface area (Å²) in [6.07, 6.45) is 0. The molecule has 2 N–H and O–H groups in total. The topological polar surface area (TPSA) is 75.3 Å². The molecule has 5 nitrogen and oxygen atoms in total. The standard InChI is InChI=1S/C21H19FN2O3S/c1-14-3-12-20(15(2)13-14)23-21(25)16-4-10-19(11-5-16)28(26,27)24-18-8-6-17(22)7-9-18/h3-13,24H,1-2H3,(H,23,25). The van der Waals surface area contributed by atoms with Crippen molar-refractivity contribution in [3.05, 3.63) is 89.2 Å². The highest BCUT2D eigenvalue weighted by atomic mass is 32.2. The minimum absolute atomic E-state index is 0.000100. The first-order valence-corrected chi connectivity index (χ1v) is 10.00. The van der Waals surface area contributed by atoms with Crippen LogP contribution in [-0.4, -0.2) is 14.3 Å². The lowest BCUT2D eigenvalue weighted by molar-refractivity contribution is 0.102. The van der Waals surface area contributed by atoms with E-state index in [2.05, 4.69) is 10.0 Å². The van der Waals surface area contributed by atoms with Crippen LogP contribution in [-0.2, 0) is 10.0 Å². The molecule has 0 spiro atoms. The van der Waals surface area contributed by atoms with Crippen molar-refractivity contribution in [2.24, 2.45) is 0 Å². The Hall–Kier alpha value is -3.19. The minimum Gasteiger partial charge on any atom is -0.322 e. The van der Waals surface area contributed by atoms with Crippen LogP contribution in [0.5, 0.6) is 0 Å². The number of halogens is 1. The van der Waals surface area contributed by atoms with Crippen molar-refractivity contribution < 1.29 is 17.6 Å². The second-order valence-electron chi connectivity index (χ2n) is 6.41. The number of rotatable bonds is 5. The van der Waals surface area contributed by atoms with Gasteiger partial charge in [-0.05, 0) is 74.0 Å². The van der Waals surface area contributed by atoms with Gasteiger partial charge < -0.3 is 5.32 Å². The number of carbonyl (C=O) groups is 1. The van der Waals surface area contributed by atoms with Gasteiger partial charge in [0.25, 0.3) is 15.9 Å². The number of hydrogen-bond donors (Lipinski definition) is 2. The van der Waals surface area contributed by atoms with Gasteiger partial charge in [-0.15, -0.1) is 0 Å². The molecule has 0 saturated carbocycles. The third-order valence-corrected chi connectivity index (χ3v) is 5.55. The molecule has 3 aromatic rings. The molecule has 0 heterocycles. The summed E-state index contributed by atoms with van der Waals surface area (Å²) < 4.78 is 40.2. The maximum Gasteiger partial charge on any atom is 0.261 e. The Kier molecular flexibility index (Phi) is 5.46. The monoisotopic (exact) mass is 398 g/mol. The molecule has 0 aromatic heterocycles. The summed E-state index contributed by atoms with van der Waals surface area (Å²) in [7, 11) is -3.84. The second-order valence-corrected chi connectivity index (χ2v) is 8.09. The summed E-state index contributed by atoms with van der Waals surface area (Å²) in [4.78, 5) is 12.4. The molecule has 0 aliphatic rings. The molecule has 1 amide bonds. The van der Waals surface area contributed by atoms with Crippen LogP contribution in [0.15, 0.2) is 71.6 Å². The molecule has 0 saturated heterocycles. The average molecular weight is 398 g/mol. The molecule has 0 bridgehead atoms. The third-order valence-electron chi connectivity index (χ3n) is 4.15. The molecular formula is C21H19FN2O3S. The normalized spacial score (nSPS) is 11.1. The number of aryl methyl sites for hydroxylation is 2. The van der Waals surface area contributed by atoms with Crippen molar-refractivity contribution in [2.75, 3.05) is 10.0 Å². The van der Waals surface area contributed by atoms with Crippen LogP contribution in [0.3, 0.4) is 0 Å². The third kappa shape index (κ3) is 4.55. The van der Waals surface area contributed by atoms with Crippen molar-refractivity contribution >= 4 is 27.3 Å². The molecule has 144 valence electrons. The van der Waals surface area contributed by atoms with Gasteiger partial charge in [0.2, 0.25) is 0 Å². The smallest absolute Gasteiger partial charge is 0.261 e. The molecule has 3 aromatic carbocycles. The largest absolute Gasteiger partial charge is 0.322 e. The number of hydrogen-bond acceptors (Lipinski definition) is 3. The SMILES string of the molecule is Cc1ccc(NC(=O)c2ccc(S(=O)(=O)Nc3ccc(F)cc3)cc2)c(C)c1. The number of nitrogens with one attached hydrogen (secondary N) is 2. The van der Waals surface area contributed by atoms with Crippen LogP contribution < -0.4 is 10.0 Å². The van der Waals surface area contributed by atoms with Crippen LogP contribution in [0.25, 0.3) is 0 Å². The zero-order valence-corrected chi connectivity index (χ0v) is 16.2. The minimum atomic E-state index is -3.84.